The minimum atomic E-state index is 0.605. The van der Waals surface area contributed by atoms with Crippen LogP contribution in [-0.4, -0.2) is 50.8 Å². The predicted octanol–water partition coefficient (Wildman–Crippen LogP) is 4.50. The second-order valence-electron chi connectivity index (χ2n) is 8.80. The van der Waals surface area contributed by atoms with E-state index in [0.29, 0.717) is 5.92 Å². The smallest absolute Gasteiger partial charge is 0.146 e. The summed E-state index contributed by atoms with van der Waals surface area (Å²) in [7, 11) is 0. The summed E-state index contributed by atoms with van der Waals surface area (Å²) in [5.74, 6) is 2.76. The summed E-state index contributed by atoms with van der Waals surface area (Å²) in [4.78, 5) is 17.7. The van der Waals surface area contributed by atoms with Crippen molar-refractivity contribution in [1.82, 2.24) is 24.6 Å². The molecule has 0 bridgehead atoms. The Morgan fingerprint density at radius 1 is 1.07 bits per heavy atom. The number of piperidine rings is 1. The molecular weight excluding hydrogens is 392 g/mol. The van der Waals surface area contributed by atoms with Crippen molar-refractivity contribution in [3.63, 3.8) is 0 Å². The summed E-state index contributed by atoms with van der Waals surface area (Å²) in [6.07, 6.45) is 9.20. The Labute approximate surface area is 182 Å². The van der Waals surface area contributed by atoms with Gasteiger partial charge in [-0.1, -0.05) is 0 Å². The van der Waals surface area contributed by atoms with Gasteiger partial charge >= 0.3 is 0 Å². The van der Waals surface area contributed by atoms with E-state index in [-0.39, 0.29) is 0 Å². The molecule has 0 atom stereocenters. The molecule has 30 heavy (non-hydrogen) atoms. The first-order valence-electron chi connectivity index (χ1n) is 11.4. The van der Waals surface area contributed by atoms with Crippen LogP contribution in [-0.2, 0) is 13.1 Å². The van der Waals surface area contributed by atoms with Crippen molar-refractivity contribution in [3.8, 4) is 0 Å². The van der Waals surface area contributed by atoms with E-state index in [9.17, 15) is 0 Å². The third-order valence-corrected chi connectivity index (χ3v) is 7.96. The topological polar surface area (TPSA) is 50.1 Å². The first-order chi connectivity index (χ1) is 14.6. The third-order valence-electron chi connectivity index (χ3n) is 6.86. The predicted molar refractivity (Wildman–Crippen MR) is 123 cm³/mol. The van der Waals surface area contributed by atoms with Gasteiger partial charge in [0.05, 0.1) is 18.1 Å². The molecule has 5 rings (SSSR count). The standard InChI is InChI=1S/C23H32N6S/c1-4-29-14-19(13-24-29)18-7-11-28(12-8-18)22-21-16(2)17(3)30-23(21)26-20(25-22)15-27-9-5-6-10-27/h13-14,18H,4-12,15H2,1-3H3. The van der Waals surface area contributed by atoms with Gasteiger partial charge in [0, 0.05) is 30.7 Å². The number of thiophene rings is 1. The van der Waals surface area contributed by atoms with Crippen LogP contribution in [0.4, 0.5) is 5.82 Å². The van der Waals surface area contributed by atoms with Crippen molar-refractivity contribution in [1.29, 1.82) is 0 Å². The number of hydrogen-bond acceptors (Lipinski definition) is 6. The fraction of sp³-hybridized carbons (Fsp3) is 0.609. The first kappa shape index (κ1) is 19.9. The number of hydrogen-bond donors (Lipinski definition) is 0. The van der Waals surface area contributed by atoms with E-state index in [4.69, 9.17) is 9.97 Å². The van der Waals surface area contributed by atoms with Gasteiger partial charge in [0.2, 0.25) is 0 Å². The Morgan fingerprint density at radius 3 is 2.53 bits per heavy atom. The Hall–Kier alpha value is -1.99. The van der Waals surface area contributed by atoms with Gasteiger partial charge in [-0.15, -0.1) is 11.3 Å². The van der Waals surface area contributed by atoms with Crippen LogP contribution < -0.4 is 4.90 Å². The van der Waals surface area contributed by atoms with E-state index < -0.39 is 0 Å². The van der Waals surface area contributed by atoms with Crippen molar-refractivity contribution >= 4 is 27.4 Å². The molecule has 160 valence electrons. The summed E-state index contributed by atoms with van der Waals surface area (Å²) in [5.41, 5.74) is 2.74. The van der Waals surface area contributed by atoms with Gasteiger partial charge in [0.25, 0.3) is 0 Å². The van der Waals surface area contributed by atoms with E-state index in [1.54, 1.807) is 0 Å². The van der Waals surface area contributed by atoms with Gasteiger partial charge in [-0.05, 0) is 76.6 Å². The molecule has 0 N–H and O–H groups in total. The molecule has 0 amide bonds. The molecule has 0 spiro atoms. The van der Waals surface area contributed by atoms with E-state index in [1.807, 2.05) is 16.0 Å². The number of nitrogens with zero attached hydrogens (tertiary/aromatic N) is 6. The van der Waals surface area contributed by atoms with E-state index in [1.165, 1.54) is 53.1 Å². The van der Waals surface area contributed by atoms with Gasteiger partial charge in [0.15, 0.2) is 0 Å². The highest BCUT2D eigenvalue weighted by molar-refractivity contribution is 7.18. The Morgan fingerprint density at radius 2 is 1.83 bits per heavy atom. The molecule has 0 aromatic carbocycles. The second kappa shape index (κ2) is 8.27. The van der Waals surface area contributed by atoms with Crippen LogP contribution >= 0.6 is 11.3 Å². The molecule has 2 saturated heterocycles. The van der Waals surface area contributed by atoms with Crippen LogP contribution in [0, 0.1) is 13.8 Å². The number of likely N-dealkylation sites (tertiary alicyclic amines) is 1. The fourth-order valence-corrected chi connectivity index (χ4v) is 5.94. The van der Waals surface area contributed by atoms with Gasteiger partial charge in [-0.3, -0.25) is 9.58 Å². The van der Waals surface area contributed by atoms with Crippen LogP contribution in [0.3, 0.4) is 0 Å². The van der Waals surface area contributed by atoms with Crippen LogP contribution in [0.1, 0.15) is 60.4 Å². The lowest BCUT2D eigenvalue weighted by atomic mass is 9.91. The Balaban J connectivity index is 1.41. The maximum Gasteiger partial charge on any atom is 0.146 e. The van der Waals surface area contributed by atoms with E-state index in [2.05, 4.69) is 48.1 Å². The highest BCUT2D eigenvalue weighted by atomic mass is 32.1. The number of anilines is 1. The maximum atomic E-state index is 5.14. The quantitative estimate of drug-likeness (QED) is 0.603. The van der Waals surface area contributed by atoms with E-state index >= 15 is 0 Å². The summed E-state index contributed by atoms with van der Waals surface area (Å²) in [5, 5.41) is 5.76. The minimum Gasteiger partial charge on any atom is -0.356 e. The number of aryl methyl sites for hydroxylation is 3. The zero-order valence-corrected chi connectivity index (χ0v) is 19.2. The van der Waals surface area contributed by atoms with Crippen LogP contribution in [0.25, 0.3) is 10.2 Å². The monoisotopic (exact) mass is 424 g/mol. The van der Waals surface area contributed by atoms with Crippen molar-refractivity contribution in [2.45, 2.75) is 65.5 Å². The second-order valence-corrected chi connectivity index (χ2v) is 10.0. The average molecular weight is 425 g/mol. The van der Waals surface area contributed by atoms with Gasteiger partial charge in [-0.25, -0.2) is 9.97 Å². The highest BCUT2D eigenvalue weighted by Crippen LogP contribution is 2.38. The minimum absolute atomic E-state index is 0.605. The van der Waals surface area contributed by atoms with Crippen molar-refractivity contribution in [3.05, 3.63) is 34.2 Å². The largest absolute Gasteiger partial charge is 0.356 e. The van der Waals surface area contributed by atoms with Gasteiger partial charge in [0.1, 0.15) is 16.5 Å². The number of rotatable bonds is 5. The SMILES string of the molecule is CCn1cc(C2CCN(c3nc(CN4CCCC4)nc4sc(C)c(C)c34)CC2)cn1. The normalized spacial score (nSPS) is 18.7. The molecule has 7 heteroatoms. The lowest BCUT2D eigenvalue weighted by Crippen LogP contribution is -2.34. The Kier molecular flexibility index (Phi) is 5.50. The molecule has 0 radical (unpaired) electrons. The lowest BCUT2D eigenvalue weighted by molar-refractivity contribution is 0.323. The van der Waals surface area contributed by atoms with Crippen LogP contribution in [0.15, 0.2) is 12.4 Å². The molecule has 6 nitrogen and oxygen atoms in total. The van der Waals surface area contributed by atoms with Gasteiger partial charge < -0.3 is 4.90 Å². The molecule has 2 fully saturated rings. The first-order valence-corrected chi connectivity index (χ1v) is 12.2. The van der Waals surface area contributed by atoms with Crippen molar-refractivity contribution < 1.29 is 0 Å². The fourth-order valence-electron chi connectivity index (χ4n) is 4.90. The number of aromatic nitrogens is 4. The maximum absolute atomic E-state index is 5.14. The third kappa shape index (κ3) is 3.73. The molecule has 0 unspecified atom stereocenters. The highest BCUT2D eigenvalue weighted by Gasteiger charge is 2.26. The summed E-state index contributed by atoms with van der Waals surface area (Å²) in [6, 6.07) is 0. The molecule has 3 aromatic heterocycles. The average Bonchev–Trinajstić information content (AvgIpc) is 3.50. The summed E-state index contributed by atoms with van der Waals surface area (Å²) >= 11 is 1.82. The molecule has 0 saturated carbocycles. The lowest BCUT2D eigenvalue weighted by Gasteiger charge is -2.33. The Bertz CT molecular complexity index is 1020. The molecule has 3 aromatic rings. The van der Waals surface area contributed by atoms with Crippen LogP contribution in [0.5, 0.6) is 0 Å². The molecular formula is C23H32N6S. The number of fused-ring (bicyclic) bond motifs is 1. The zero-order chi connectivity index (χ0) is 20.7. The van der Waals surface area contributed by atoms with Crippen molar-refractivity contribution in [2.75, 3.05) is 31.1 Å². The zero-order valence-electron chi connectivity index (χ0n) is 18.4. The van der Waals surface area contributed by atoms with Crippen molar-refractivity contribution in [2.24, 2.45) is 0 Å². The summed E-state index contributed by atoms with van der Waals surface area (Å²) in [6.45, 7) is 12.9. The molecule has 2 aliphatic heterocycles. The van der Waals surface area contributed by atoms with Crippen LogP contribution in [0.2, 0.25) is 0 Å². The molecule has 2 aliphatic rings. The molecule has 5 heterocycles. The van der Waals surface area contributed by atoms with Gasteiger partial charge in [-0.2, -0.15) is 5.10 Å². The molecule has 0 aliphatic carbocycles. The summed E-state index contributed by atoms with van der Waals surface area (Å²) < 4.78 is 2.04. The van der Waals surface area contributed by atoms with E-state index in [0.717, 1.165) is 49.7 Å².